The van der Waals surface area contributed by atoms with E-state index in [2.05, 4.69) is 0 Å². The van der Waals surface area contributed by atoms with Crippen LogP contribution in [-0.2, 0) is 4.74 Å². The normalized spacial score (nSPS) is 9.42. The summed E-state index contributed by atoms with van der Waals surface area (Å²) in [5, 5.41) is 3.24. The van der Waals surface area contributed by atoms with Crippen LogP contribution in [0.2, 0.25) is 0 Å². The lowest BCUT2D eigenvalue weighted by molar-refractivity contribution is 0.0525. The first-order valence-electron chi connectivity index (χ1n) is 3.48. The average molecular weight is 184 g/mol. The van der Waals surface area contributed by atoms with Gasteiger partial charge in [0, 0.05) is 16.3 Å². The lowest BCUT2D eigenvalue weighted by Gasteiger charge is -1.98. The van der Waals surface area contributed by atoms with Crippen LogP contribution < -0.4 is 0 Å². The molecule has 12 heavy (non-hydrogen) atoms. The van der Waals surface area contributed by atoms with E-state index in [0.717, 1.165) is 0 Å². The molecule has 4 heteroatoms. The topological polar surface area (TPSA) is 43.4 Å². The molecule has 0 aliphatic rings. The largest absolute Gasteiger partial charge is 0.462 e. The van der Waals surface area contributed by atoms with Gasteiger partial charge in [0.05, 0.1) is 12.2 Å². The molecule has 64 valence electrons. The van der Waals surface area contributed by atoms with Crippen molar-refractivity contribution in [3.63, 3.8) is 0 Å². The summed E-state index contributed by atoms with van der Waals surface area (Å²) in [5.74, 6) is -0.430. The zero-order valence-electron chi connectivity index (χ0n) is 6.57. The van der Waals surface area contributed by atoms with E-state index < -0.39 is 5.97 Å². The molecule has 0 unspecified atom stereocenters. The number of esters is 1. The molecule has 0 spiro atoms. The van der Waals surface area contributed by atoms with Crippen LogP contribution in [0.4, 0.5) is 0 Å². The summed E-state index contributed by atoms with van der Waals surface area (Å²) in [6.45, 7) is 2.05. The lowest BCUT2D eigenvalue weighted by Crippen LogP contribution is -2.05. The molecule has 3 nitrogen and oxygen atoms in total. The molecule has 0 N–H and O–H groups in total. The number of carbonyl (C=O) groups excluding carboxylic acids is 2. The highest BCUT2D eigenvalue weighted by Crippen LogP contribution is 2.13. The number of hydrogen-bond acceptors (Lipinski definition) is 4. The zero-order valence-corrected chi connectivity index (χ0v) is 7.39. The van der Waals surface area contributed by atoms with Gasteiger partial charge in [0.15, 0.2) is 6.29 Å². The van der Waals surface area contributed by atoms with Crippen molar-refractivity contribution < 1.29 is 14.3 Å². The van der Waals surface area contributed by atoms with Crippen LogP contribution in [-0.4, -0.2) is 18.9 Å². The Morgan fingerprint density at radius 1 is 1.67 bits per heavy atom. The van der Waals surface area contributed by atoms with Gasteiger partial charge in [-0.1, -0.05) is 0 Å². The fourth-order valence-electron chi connectivity index (χ4n) is 0.773. The average Bonchev–Trinajstić information content (AvgIpc) is 2.51. The molecule has 1 rings (SSSR count). The van der Waals surface area contributed by atoms with Crippen molar-refractivity contribution in [3.05, 3.63) is 21.9 Å². The van der Waals surface area contributed by atoms with E-state index >= 15 is 0 Å². The second kappa shape index (κ2) is 4.01. The van der Waals surface area contributed by atoms with Crippen LogP contribution in [0.1, 0.15) is 27.6 Å². The van der Waals surface area contributed by atoms with Crippen molar-refractivity contribution in [2.24, 2.45) is 0 Å². The smallest absolute Gasteiger partial charge is 0.339 e. The van der Waals surface area contributed by atoms with E-state index in [1.807, 2.05) is 0 Å². The van der Waals surface area contributed by atoms with Crippen molar-refractivity contribution >= 4 is 23.6 Å². The Labute approximate surface area is 74.0 Å². The van der Waals surface area contributed by atoms with Gasteiger partial charge in [-0.25, -0.2) is 4.79 Å². The Kier molecular flexibility index (Phi) is 2.99. The highest BCUT2D eigenvalue weighted by atomic mass is 32.1. The predicted octanol–water partition coefficient (Wildman–Crippen LogP) is 1.74. The SMILES string of the molecule is CCOC(=O)c1cscc1C=O. The van der Waals surface area contributed by atoms with Crippen molar-refractivity contribution in [1.82, 2.24) is 0 Å². The van der Waals surface area contributed by atoms with E-state index in [9.17, 15) is 9.59 Å². The monoisotopic (exact) mass is 184 g/mol. The molecular formula is C8H8O3S. The summed E-state index contributed by atoms with van der Waals surface area (Å²) < 4.78 is 4.74. The minimum absolute atomic E-state index is 0.326. The van der Waals surface area contributed by atoms with Gasteiger partial charge in [-0.05, 0) is 6.92 Å². The van der Waals surface area contributed by atoms with Crippen molar-refractivity contribution in [3.8, 4) is 0 Å². The van der Waals surface area contributed by atoms with Crippen LogP contribution in [0.3, 0.4) is 0 Å². The molecule has 1 aromatic heterocycles. The number of carbonyl (C=O) groups is 2. The highest BCUT2D eigenvalue weighted by molar-refractivity contribution is 7.08. The summed E-state index contributed by atoms with van der Waals surface area (Å²) in [6.07, 6.45) is 0.656. The zero-order chi connectivity index (χ0) is 8.97. The molecular weight excluding hydrogens is 176 g/mol. The molecule has 0 saturated carbocycles. The molecule has 0 radical (unpaired) electrons. The first-order valence-corrected chi connectivity index (χ1v) is 4.42. The van der Waals surface area contributed by atoms with Crippen LogP contribution in [0, 0.1) is 0 Å². The van der Waals surface area contributed by atoms with Crippen LogP contribution in [0.5, 0.6) is 0 Å². The third-order valence-electron chi connectivity index (χ3n) is 1.31. The Balaban J connectivity index is 2.86. The Morgan fingerprint density at radius 3 is 3.00 bits per heavy atom. The van der Waals surface area contributed by atoms with Crippen LogP contribution in [0.25, 0.3) is 0 Å². The molecule has 0 amide bonds. The standard InChI is InChI=1S/C8H8O3S/c1-2-11-8(10)7-5-12-4-6(7)3-9/h3-5H,2H2,1H3. The molecule has 1 heterocycles. The Hall–Kier alpha value is -1.16. The molecule has 0 aliphatic carbocycles. The summed E-state index contributed by atoms with van der Waals surface area (Å²) in [5.41, 5.74) is 0.760. The van der Waals surface area contributed by atoms with Gasteiger partial charge in [0.2, 0.25) is 0 Å². The minimum atomic E-state index is -0.430. The lowest BCUT2D eigenvalue weighted by atomic mass is 10.2. The second-order valence-corrected chi connectivity index (χ2v) is 2.82. The molecule has 0 fully saturated rings. The van der Waals surface area contributed by atoms with Gasteiger partial charge in [0.25, 0.3) is 0 Å². The summed E-state index contributed by atoms with van der Waals surface area (Å²) >= 11 is 1.31. The minimum Gasteiger partial charge on any atom is -0.462 e. The summed E-state index contributed by atoms with van der Waals surface area (Å²) in [7, 11) is 0. The van der Waals surface area contributed by atoms with E-state index in [1.54, 1.807) is 17.7 Å². The molecule has 0 aliphatic heterocycles. The van der Waals surface area contributed by atoms with Gasteiger partial charge in [-0.15, -0.1) is 0 Å². The molecule has 0 aromatic carbocycles. The van der Waals surface area contributed by atoms with E-state index in [1.165, 1.54) is 11.3 Å². The van der Waals surface area contributed by atoms with Crippen LogP contribution in [0.15, 0.2) is 10.8 Å². The van der Waals surface area contributed by atoms with Gasteiger partial charge < -0.3 is 4.74 Å². The van der Waals surface area contributed by atoms with Crippen LogP contribution >= 0.6 is 11.3 Å². The van der Waals surface area contributed by atoms with Gasteiger partial charge in [-0.3, -0.25) is 4.79 Å². The van der Waals surface area contributed by atoms with E-state index in [0.29, 0.717) is 24.0 Å². The predicted molar refractivity (Wildman–Crippen MR) is 45.7 cm³/mol. The molecule has 0 saturated heterocycles. The molecule has 1 aromatic rings. The van der Waals surface area contributed by atoms with E-state index in [-0.39, 0.29) is 0 Å². The fourth-order valence-corrected chi connectivity index (χ4v) is 1.54. The first kappa shape index (κ1) is 8.93. The number of hydrogen-bond donors (Lipinski definition) is 0. The Morgan fingerprint density at radius 2 is 2.42 bits per heavy atom. The number of ether oxygens (including phenoxy) is 1. The highest BCUT2D eigenvalue weighted by Gasteiger charge is 2.12. The second-order valence-electron chi connectivity index (χ2n) is 2.08. The van der Waals surface area contributed by atoms with Crippen molar-refractivity contribution in [2.75, 3.05) is 6.61 Å². The van der Waals surface area contributed by atoms with Crippen molar-refractivity contribution in [2.45, 2.75) is 6.92 Å². The third kappa shape index (κ3) is 1.71. The number of thiophene rings is 1. The Bertz CT molecular complexity index is 290. The summed E-state index contributed by atoms with van der Waals surface area (Å²) in [6, 6.07) is 0. The van der Waals surface area contributed by atoms with Gasteiger partial charge in [-0.2, -0.15) is 11.3 Å². The summed E-state index contributed by atoms with van der Waals surface area (Å²) in [4.78, 5) is 21.5. The maximum Gasteiger partial charge on any atom is 0.339 e. The molecule has 0 bridgehead atoms. The number of rotatable bonds is 3. The third-order valence-corrected chi connectivity index (χ3v) is 2.08. The fraction of sp³-hybridized carbons (Fsp3) is 0.250. The molecule has 0 atom stereocenters. The number of aldehydes is 1. The maximum atomic E-state index is 11.1. The van der Waals surface area contributed by atoms with E-state index in [4.69, 9.17) is 4.74 Å². The first-order chi connectivity index (χ1) is 5.79. The van der Waals surface area contributed by atoms with Crippen molar-refractivity contribution in [1.29, 1.82) is 0 Å². The van der Waals surface area contributed by atoms with Gasteiger partial charge in [0.1, 0.15) is 0 Å². The maximum absolute atomic E-state index is 11.1. The quantitative estimate of drug-likeness (QED) is 0.530. The van der Waals surface area contributed by atoms with Gasteiger partial charge >= 0.3 is 5.97 Å².